The molecule has 184 valence electrons. The third-order valence-electron chi connectivity index (χ3n) is 8.55. The number of nitrogens with zero attached hydrogens (tertiary/aromatic N) is 2. The van der Waals surface area contributed by atoms with E-state index in [1.165, 1.54) is 10.5 Å². The fourth-order valence-electron chi connectivity index (χ4n) is 6.46. The summed E-state index contributed by atoms with van der Waals surface area (Å²) < 4.78 is 2.03. The summed E-state index contributed by atoms with van der Waals surface area (Å²) in [6, 6.07) is 15.8. The molecule has 2 aliphatic heterocycles. The zero-order chi connectivity index (χ0) is 25.0. The minimum Gasteiger partial charge on any atom is -0.369 e. The van der Waals surface area contributed by atoms with E-state index >= 15 is 0 Å². The van der Waals surface area contributed by atoms with Gasteiger partial charge in [-0.2, -0.15) is 0 Å². The van der Waals surface area contributed by atoms with Gasteiger partial charge < -0.3 is 5.11 Å². The molecule has 0 radical (unpaired) electrons. The van der Waals surface area contributed by atoms with Gasteiger partial charge in [-0.05, 0) is 73.4 Å². The number of aliphatic hydroxyl groups is 1. The second-order valence-corrected chi connectivity index (χ2v) is 12.2. The number of carbonyl (C=O) groups excluding carboxylic acids is 2. The van der Waals surface area contributed by atoms with Gasteiger partial charge >= 0.3 is 6.03 Å². The Kier molecular flexibility index (Phi) is 6.47. The molecule has 5 rings (SSSR count). The molecule has 5 nitrogen and oxygen atoms in total. The van der Waals surface area contributed by atoms with Crippen molar-refractivity contribution in [1.29, 1.82) is 0 Å². The van der Waals surface area contributed by atoms with Gasteiger partial charge in [0.2, 0.25) is 5.91 Å². The summed E-state index contributed by atoms with van der Waals surface area (Å²) >= 11 is 6.93. The van der Waals surface area contributed by atoms with Gasteiger partial charge in [0, 0.05) is 28.0 Å². The Bertz CT molecular complexity index is 1170. The van der Waals surface area contributed by atoms with Crippen LogP contribution >= 0.6 is 31.9 Å². The maximum absolute atomic E-state index is 13.7. The second kappa shape index (κ2) is 9.16. The first-order valence-electron chi connectivity index (χ1n) is 12.2. The van der Waals surface area contributed by atoms with E-state index in [1.54, 1.807) is 4.90 Å². The van der Waals surface area contributed by atoms with Crippen LogP contribution in [-0.4, -0.2) is 45.7 Å². The summed E-state index contributed by atoms with van der Waals surface area (Å²) in [5.41, 5.74) is -0.211. The van der Waals surface area contributed by atoms with Crippen LogP contribution in [0.5, 0.6) is 0 Å². The molecule has 5 atom stereocenters. The van der Waals surface area contributed by atoms with Crippen LogP contribution < -0.4 is 0 Å². The Balaban J connectivity index is 1.41. The highest BCUT2D eigenvalue weighted by molar-refractivity contribution is 9.10. The highest BCUT2D eigenvalue weighted by Gasteiger charge is 2.72. The molecule has 1 aliphatic carbocycles. The number of hydrogen-bond acceptors (Lipinski definition) is 3. The molecule has 2 aromatic rings. The first-order valence-corrected chi connectivity index (χ1v) is 13.8. The molecular weight excluding hydrogens is 572 g/mol. The first kappa shape index (κ1) is 24.7. The lowest BCUT2D eigenvalue weighted by Gasteiger charge is -2.59. The number of piperidine rings is 1. The number of benzene rings is 2. The minimum absolute atomic E-state index is 0.116. The van der Waals surface area contributed by atoms with Crippen LogP contribution in [0.1, 0.15) is 37.8 Å². The normalized spacial score (nSPS) is 32.4. The molecule has 1 N–H and O–H groups in total. The monoisotopic (exact) mass is 600 g/mol. The van der Waals surface area contributed by atoms with E-state index in [-0.39, 0.29) is 36.2 Å². The van der Waals surface area contributed by atoms with Crippen molar-refractivity contribution in [2.24, 2.45) is 23.2 Å². The van der Waals surface area contributed by atoms with Crippen LogP contribution in [-0.2, 0) is 11.2 Å². The van der Waals surface area contributed by atoms with E-state index in [0.29, 0.717) is 13.0 Å². The quantitative estimate of drug-likeness (QED) is 0.450. The zero-order valence-electron chi connectivity index (χ0n) is 20.0. The molecule has 0 aromatic heterocycles. The number of imide groups is 1. The summed E-state index contributed by atoms with van der Waals surface area (Å²) in [7, 11) is 0. The number of hydrogen-bond donors (Lipinski definition) is 1. The lowest BCUT2D eigenvalue weighted by Crippen LogP contribution is -2.76. The van der Waals surface area contributed by atoms with E-state index in [1.807, 2.05) is 55.5 Å². The van der Waals surface area contributed by atoms with Crippen molar-refractivity contribution in [3.63, 3.8) is 0 Å². The highest BCUT2D eigenvalue weighted by Crippen LogP contribution is 2.60. The Morgan fingerprint density at radius 2 is 1.69 bits per heavy atom. The topological polar surface area (TPSA) is 60.9 Å². The van der Waals surface area contributed by atoms with Gasteiger partial charge in [0.05, 0.1) is 5.41 Å². The molecule has 3 fully saturated rings. The van der Waals surface area contributed by atoms with Crippen LogP contribution in [0.3, 0.4) is 0 Å². The molecule has 0 bridgehead atoms. The van der Waals surface area contributed by atoms with Gasteiger partial charge in [-0.25, -0.2) is 4.79 Å². The summed E-state index contributed by atoms with van der Waals surface area (Å²) in [6.45, 7) is 4.66. The maximum atomic E-state index is 13.7. The third-order valence-corrected chi connectivity index (χ3v) is 9.61. The molecule has 0 unspecified atom stereocenters. The molecule has 7 heteroatoms. The van der Waals surface area contributed by atoms with Gasteiger partial charge in [0.15, 0.2) is 5.72 Å². The van der Waals surface area contributed by atoms with Crippen LogP contribution in [0.4, 0.5) is 4.79 Å². The molecule has 0 spiro atoms. The molecule has 2 aromatic carbocycles. The van der Waals surface area contributed by atoms with Crippen molar-refractivity contribution in [3.05, 3.63) is 74.7 Å². The number of halogens is 2. The van der Waals surface area contributed by atoms with Crippen molar-refractivity contribution in [3.8, 4) is 0 Å². The Morgan fingerprint density at radius 3 is 2.34 bits per heavy atom. The summed E-state index contributed by atoms with van der Waals surface area (Å²) in [6.07, 6.45) is 5.92. The van der Waals surface area contributed by atoms with Crippen molar-refractivity contribution < 1.29 is 14.7 Å². The van der Waals surface area contributed by atoms with Gasteiger partial charge in [0.1, 0.15) is 0 Å². The predicted octanol–water partition coefficient (Wildman–Crippen LogP) is 6.10. The molecular formula is C28H30Br2N2O3. The summed E-state index contributed by atoms with van der Waals surface area (Å²) in [5.74, 6) is 0.0325. The maximum Gasteiger partial charge on any atom is 0.329 e. The fraction of sp³-hybridized carbons (Fsp3) is 0.429. The Hall–Kier alpha value is -1.96. The second-order valence-electron chi connectivity index (χ2n) is 10.4. The smallest absolute Gasteiger partial charge is 0.329 e. The van der Waals surface area contributed by atoms with E-state index in [0.717, 1.165) is 27.4 Å². The van der Waals surface area contributed by atoms with Crippen molar-refractivity contribution >= 4 is 49.9 Å². The minimum atomic E-state index is -1.43. The SMILES string of the molecule is C[C@H]1[C@H](Cc2ccc(Br)cc2)CN2C(=O)N(C/C=C/c3ccc(Br)cc3)C(=O)[C@@]3(C)CC[C@@H]1[C@@]23O. The fourth-order valence-corrected chi connectivity index (χ4v) is 6.98. The van der Waals surface area contributed by atoms with E-state index < -0.39 is 11.1 Å². The van der Waals surface area contributed by atoms with Crippen molar-refractivity contribution in [2.45, 2.75) is 38.8 Å². The average molecular weight is 602 g/mol. The predicted molar refractivity (Wildman–Crippen MR) is 143 cm³/mol. The number of urea groups is 1. The molecule has 3 aliphatic rings. The summed E-state index contributed by atoms with van der Waals surface area (Å²) in [5, 5.41) is 12.1. The third kappa shape index (κ3) is 4.00. The molecule has 1 saturated carbocycles. The Labute approximate surface area is 223 Å². The highest BCUT2D eigenvalue weighted by atomic mass is 79.9. The molecule has 2 heterocycles. The molecule has 35 heavy (non-hydrogen) atoms. The van der Waals surface area contributed by atoms with Crippen LogP contribution in [0.25, 0.3) is 6.08 Å². The first-order chi connectivity index (χ1) is 16.6. The van der Waals surface area contributed by atoms with Gasteiger partial charge in [-0.3, -0.25) is 14.6 Å². The van der Waals surface area contributed by atoms with E-state index in [4.69, 9.17) is 0 Å². The van der Waals surface area contributed by atoms with Gasteiger partial charge in [-0.1, -0.05) is 75.2 Å². The van der Waals surface area contributed by atoms with Gasteiger partial charge in [0.25, 0.3) is 0 Å². The van der Waals surface area contributed by atoms with Crippen LogP contribution in [0.15, 0.2) is 63.6 Å². The zero-order valence-corrected chi connectivity index (χ0v) is 23.1. The standard InChI is InChI=1S/C28H30Br2N2O3/c1-18-21(16-20-7-11-23(30)12-8-20)17-32-26(34)31(15-3-4-19-5-9-22(29)10-6-19)25(33)27(2)14-13-24(18)28(27,32)35/h3-12,18,21,24,35H,13-17H2,1-2H3/b4-3+/t18-,21+,24-,27+,28-/m0/s1. The number of rotatable bonds is 5. The van der Waals surface area contributed by atoms with Crippen LogP contribution in [0.2, 0.25) is 0 Å². The van der Waals surface area contributed by atoms with Gasteiger partial charge in [-0.15, -0.1) is 0 Å². The lowest BCUT2D eigenvalue weighted by molar-refractivity contribution is -0.233. The largest absolute Gasteiger partial charge is 0.369 e. The molecule has 2 saturated heterocycles. The van der Waals surface area contributed by atoms with E-state index in [2.05, 4.69) is 50.9 Å². The Morgan fingerprint density at radius 1 is 1.06 bits per heavy atom. The van der Waals surface area contributed by atoms with Crippen molar-refractivity contribution in [2.75, 3.05) is 13.1 Å². The van der Waals surface area contributed by atoms with E-state index in [9.17, 15) is 14.7 Å². The lowest BCUT2D eigenvalue weighted by atomic mass is 9.65. The average Bonchev–Trinajstić information content (AvgIpc) is 3.12. The van der Waals surface area contributed by atoms with Crippen molar-refractivity contribution in [1.82, 2.24) is 9.80 Å². The number of amides is 3. The summed E-state index contributed by atoms with van der Waals surface area (Å²) in [4.78, 5) is 30.3. The molecule has 3 amide bonds. The number of carbonyl (C=O) groups is 2. The van der Waals surface area contributed by atoms with Crippen LogP contribution in [0, 0.1) is 23.2 Å².